The summed E-state index contributed by atoms with van der Waals surface area (Å²) in [5, 5.41) is 103. The van der Waals surface area contributed by atoms with Crippen LogP contribution in [0.25, 0.3) is 0 Å². The third-order valence-electron chi connectivity index (χ3n) is 0. The molecule has 0 saturated heterocycles. The van der Waals surface area contributed by atoms with Gasteiger partial charge in [-0.05, 0) is 0 Å². The standard InChI is InChI=1S/Ce.7NO3.H3N.Ni/c;7*2-1(3)4;;/h;;;;;;;;1H3;/q+4;7*-1;;+2/p+1. The van der Waals surface area contributed by atoms with Crippen LogP contribution < -0.4 is 6.15 Å². The predicted molar refractivity (Wildman–Crippen MR) is 78.5 cm³/mol. The van der Waals surface area contributed by atoms with Gasteiger partial charge < -0.3 is 113 Å². The molecule has 0 aliphatic rings. The fourth-order valence-corrected chi connectivity index (χ4v) is 0. The summed E-state index contributed by atoms with van der Waals surface area (Å²) < 4.78 is 0. The van der Waals surface area contributed by atoms with E-state index in [0.29, 0.717) is 0 Å². The Hall–Kier alpha value is -3.77. The second-order valence-corrected chi connectivity index (χ2v) is 1.57. The van der Waals surface area contributed by atoms with E-state index in [1.807, 2.05) is 0 Å². The summed E-state index contributed by atoms with van der Waals surface area (Å²) >= 11 is 0. The zero-order valence-electron chi connectivity index (χ0n) is 13.5. The van der Waals surface area contributed by atoms with Crippen molar-refractivity contribution >= 4 is 0 Å². The summed E-state index contributed by atoms with van der Waals surface area (Å²) in [6.45, 7) is 0. The van der Waals surface area contributed by atoms with E-state index < -0.39 is 35.6 Å². The molecule has 0 rings (SSSR count). The Labute approximate surface area is 206 Å². The number of nitrogens with zero attached hydrogens (tertiary/aromatic N) is 7. The molecule has 0 saturated carbocycles. The van der Waals surface area contributed by atoms with Gasteiger partial charge in [-0.15, -0.1) is 0 Å². The van der Waals surface area contributed by atoms with Crippen LogP contribution in [0.15, 0.2) is 0 Å². The Bertz CT molecular complexity index is 316. The molecule has 0 heterocycles. The molecule has 0 amide bonds. The third kappa shape index (κ3) is 1080. The van der Waals surface area contributed by atoms with Crippen LogP contribution in [-0.4, -0.2) is 35.6 Å². The largest absolute Gasteiger partial charge is 4.00 e. The molecule has 31 heteroatoms. The molecule has 29 nitrogen and oxygen atoms in total. The molecule has 0 spiro atoms. The maximum atomic E-state index is 8.25. The third-order valence-corrected chi connectivity index (χ3v) is 0. The van der Waals surface area contributed by atoms with Gasteiger partial charge in [-0.1, -0.05) is 0 Å². The molecular formula is H4CeN8NiO21. The maximum absolute atomic E-state index is 8.25. The van der Waals surface area contributed by atoms with Crippen LogP contribution in [0.4, 0.5) is 0 Å². The smallest absolute Gasteiger partial charge is 0.369 e. The molecule has 0 aromatic carbocycles. The van der Waals surface area contributed by atoms with Crippen LogP contribution in [-0.2, 0) is 16.5 Å². The molecule has 0 radical (unpaired) electrons. The molecule has 0 unspecified atom stereocenters. The van der Waals surface area contributed by atoms with E-state index in [1.165, 1.54) is 0 Å². The van der Waals surface area contributed by atoms with E-state index >= 15 is 0 Å². The summed E-state index contributed by atoms with van der Waals surface area (Å²) in [4.78, 5) is 57.8. The summed E-state index contributed by atoms with van der Waals surface area (Å²) in [6, 6.07) is 0. The molecule has 4 N–H and O–H groups in total. The topological polar surface area (TPSA) is 500 Å². The molecule has 0 aromatic heterocycles. The Kier molecular flexibility index (Phi) is 114. The van der Waals surface area contributed by atoms with E-state index in [2.05, 4.69) is 0 Å². The van der Waals surface area contributed by atoms with Crippen molar-refractivity contribution in [2.24, 2.45) is 0 Å². The minimum Gasteiger partial charge on any atom is -0.369 e. The zero-order valence-corrected chi connectivity index (χ0v) is 17.6. The van der Waals surface area contributed by atoms with Crippen LogP contribution in [0, 0.1) is 149 Å². The molecule has 0 bridgehead atoms. The van der Waals surface area contributed by atoms with Gasteiger partial charge in [0.2, 0.25) is 0 Å². The summed E-state index contributed by atoms with van der Waals surface area (Å²) in [5.74, 6) is 0. The predicted octanol–water partition coefficient (Wildman–Crippen LogP) is -1.30. The molecule has 0 atom stereocenters. The van der Waals surface area contributed by atoms with Gasteiger partial charge in [0.1, 0.15) is 0 Å². The first kappa shape index (κ1) is 63.1. The van der Waals surface area contributed by atoms with Crippen molar-refractivity contribution in [1.29, 1.82) is 0 Å². The van der Waals surface area contributed by atoms with E-state index in [-0.39, 0.29) is 64.4 Å². The van der Waals surface area contributed by atoms with Crippen molar-refractivity contribution in [2.45, 2.75) is 0 Å². The van der Waals surface area contributed by atoms with Crippen molar-refractivity contribution in [1.82, 2.24) is 6.15 Å². The first-order chi connectivity index (χ1) is 12.1. The first-order valence-corrected chi connectivity index (χ1v) is 3.83. The number of hydrogen-bond acceptors (Lipinski definition) is 21. The van der Waals surface area contributed by atoms with Crippen LogP contribution >= 0.6 is 0 Å². The number of rotatable bonds is 0. The molecule has 31 heavy (non-hydrogen) atoms. The fourth-order valence-electron chi connectivity index (χ4n) is 0. The molecule has 0 aromatic rings. The number of quaternary nitrogens is 1. The van der Waals surface area contributed by atoms with E-state index in [1.54, 1.807) is 0 Å². The average Bonchev–Trinajstić information content (AvgIpc) is 2.20. The average molecular weight is 651 g/mol. The van der Waals surface area contributed by atoms with E-state index in [0.717, 1.165) is 0 Å². The van der Waals surface area contributed by atoms with Crippen molar-refractivity contribution in [3.05, 3.63) is 107 Å². The van der Waals surface area contributed by atoms with Gasteiger partial charge in [-0.25, -0.2) is 0 Å². The minimum absolute atomic E-state index is 0. The molecule has 184 valence electrons. The SMILES string of the molecule is O=[N+]([O-])[O-].O=[N+]([O-])[O-].O=[N+]([O-])[O-].O=[N+]([O-])[O-].O=[N+]([O-])[O-].O=[N+]([O-])[O-].O=[N+]([O-])[O-].[Ce+4].[NH4+].[Ni+2]. The molecule has 0 fully saturated rings. The van der Waals surface area contributed by atoms with Crippen molar-refractivity contribution in [3.63, 3.8) is 0 Å². The van der Waals surface area contributed by atoms with Crippen molar-refractivity contribution in [3.8, 4) is 0 Å². The normalized spacial score (nSPS) is 5.42. The zero-order chi connectivity index (χ0) is 25.0. The van der Waals surface area contributed by atoms with E-state index in [9.17, 15) is 0 Å². The monoisotopic (exact) mass is 650 g/mol. The summed E-state index contributed by atoms with van der Waals surface area (Å²) in [6.07, 6.45) is 0. The second-order valence-electron chi connectivity index (χ2n) is 1.57. The molecular weight excluding hydrogens is 647 g/mol. The Morgan fingerprint density at radius 2 is 0.290 bits per heavy atom. The van der Waals surface area contributed by atoms with Gasteiger partial charge in [0.25, 0.3) is 0 Å². The summed E-state index contributed by atoms with van der Waals surface area (Å²) in [5.41, 5.74) is 0. The van der Waals surface area contributed by atoms with Gasteiger partial charge in [-0.3, -0.25) is 0 Å². The van der Waals surface area contributed by atoms with Crippen molar-refractivity contribution in [2.75, 3.05) is 0 Å². The van der Waals surface area contributed by atoms with Crippen LogP contribution in [0.1, 0.15) is 0 Å². The Balaban J connectivity index is -0.0000000204. The Morgan fingerprint density at radius 3 is 0.290 bits per heavy atom. The minimum atomic E-state index is -1.75. The molecule has 0 aliphatic heterocycles. The van der Waals surface area contributed by atoms with Gasteiger partial charge >= 0.3 is 58.2 Å². The van der Waals surface area contributed by atoms with Gasteiger partial charge in [0.15, 0.2) is 0 Å². The van der Waals surface area contributed by atoms with Crippen molar-refractivity contribution < 1.29 is 93.8 Å². The second kappa shape index (κ2) is 56.2. The van der Waals surface area contributed by atoms with Gasteiger partial charge in [0, 0.05) is 0 Å². The van der Waals surface area contributed by atoms with Crippen LogP contribution in [0.2, 0.25) is 0 Å². The summed E-state index contributed by atoms with van der Waals surface area (Å²) in [7, 11) is 0. The Morgan fingerprint density at radius 1 is 0.290 bits per heavy atom. The van der Waals surface area contributed by atoms with Crippen LogP contribution in [0.3, 0.4) is 0 Å². The van der Waals surface area contributed by atoms with E-state index in [4.69, 9.17) is 107 Å². The molecule has 0 aliphatic carbocycles. The van der Waals surface area contributed by atoms with Crippen LogP contribution in [0.5, 0.6) is 0 Å². The van der Waals surface area contributed by atoms with Gasteiger partial charge in [-0.2, -0.15) is 0 Å². The quantitative estimate of drug-likeness (QED) is 0.181. The van der Waals surface area contributed by atoms with Gasteiger partial charge in [0.05, 0.1) is 35.6 Å². The maximum Gasteiger partial charge on any atom is 4.00 e. The fraction of sp³-hybridized carbons (Fsp3) is 0. The first-order valence-electron chi connectivity index (χ1n) is 3.83. The number of hydrogen-bond donors (Lipinski definition) is 1.